The lowest BCUT2D eigenvalue weighted by Gasteiger charge is -2.40. The summed E-state index contributed by atoms with van der Waals surface area (Å²) in [6.07, 6.45) is 6.11. The fraction of sp³-hybridized carbons (Fsp3) is 0.556. The summed E-state index contributed by atoms with van der Waals surface area (Å²) >= 11 is 0. The van der Waals surface area contributed by atoms with Crippen LogP contribution in [0, 0.1) is 5.92 Å². The van der Waals surface area contributed by atoms with Gasteiger partial charge in [0.2, 0.25) is 5.95 Å². The van der Waals surface area contributed by atoms with E-state index in [2.05, 4.69) is 40.1 Å². The number of anilines is 4. The van der Waals surface area contributed by atoms with E-state index in [1.807, 2.05) is 12.4 Å². The van der Waals surface area contributed by atoms with Gasteiger partial charge in [-0.15, -0.1) is 0 Å². The lowest BCUT2D eigenvalue weighted by atomic mass is 9.85. The quantitative estimate of drug-likeness (QED) is 0.516. The van der Waals surface area contributed by atoms with Gasteiger partial charge >= 0.3 is 0 Å². The molecule has 6 rings (SSSR count). The molecular weight excluding hydrogens is 473 g/mol. The lowest BCUT2D eigenvalue weighted by Crippen LogP contribution is -2.52. The van der Waals surface area contributed by atoms with Crippen molar-refractivity contribution in [3.05, 3.63) is 36.3 Å². The largest absolute Gasteiger partial charge is 0.390 e. The highest BCUT2D eigenvalue weighted by molar-refractivity contribution is 5.96. The maximum Gasteiger partial charge on any atom is 0.227 e. The molecule has 0 spiro atoms. The second-order valence-corrected chi connectivity index (χ2v) is 10.9. The molecule has 0 amide bonds. The van der Waals surface area contributed by atoms with Crippen LogP contribution < -0.4 is 15.1 Å². The number of pyridine rings is 2. The van der Waals surface area contributed by atoms with Gasteiger partial charge in [-0.3, -0.25) is 0 Å². The number of hydrogen-bond donors (Lipinski definition) is 2. The molecular formula is C27H34FN7O2. The molecule has 0 unspecified atom stereocenters. The molecule has 9 nitrogen and oxygen atoms in total. The molecule has 0 aromatic carbocycles. The summed E-state index contributed by atoms with van der Waals surface area (Å²) in [7, 11) is 0. The van der Waals surface area contributed by atoms with Crippen molar-refractivity contribution in [2.75, 3.05) is 48.0 Å². The normalized spacial score (nSPS) is 27.1. The van der Waals surface area contributed by atoms with Gasteiger partial charge < -0.3 is 25.0 Å². The number of rotatable bonds is 6. The summed E-state index contributed by atoms with van der Waals surface area (Å²) in [6, 6.07) is 4.32. The van der Waals surface area contributed by atoms with E-state index in [9.17, 15) is 9.50 Å². The number of fused-ring (bicyclic) bond motifs is 1. The minimum absolute atomic E-state index is 0.0443. The Balaban J connectivity index is 1.31. The monoisotopic (exact) mass is 507 g/mol. The summed E-state index contributed by atoms with van der Waals surface area (Å²) in [5, 5.41) is 15.5. The SMILES string of the molecule is C[C@@H]1CCN1c1ncc([C@H](C)C2COC2)c2cc(Nc3ccnc(N4CC[C@@H](O)[C@@](C)(F)C4)n3)ncc12. The van der Waals surface area contributed by atoms with Crippen molar-refractivity contribution in [2.45, 2.75) is 57.3 Å². The average molecular weight is 508 g/mol. The van der Waals surface area contributed by atoms with Crippen LogP contribution in [-0.2, 0) is 4.74 Å². The summed E-state index contributed by atoms with van der Waals surface area (Å²) < 4.78 is 20.2. The van der Waals surface area contributed by atoms with E-state index in [-0.39, 0.29) is 6.54 Å². The number of ether oxygens (including phenoxy) is 1. The third-order valence-electron chi connectivity index (χ3n) is 8.28. The van der Waals surface area contributed by atoms with E-state index in [0.717, 1.165) is 36.3 Å². The number of aliphatic hydroxyl groups excluding tert-OH is 1. The highest BCUT2D eigenvalue weighted by atomic mass is 19.1. The van der Waals surface area contributed by atoms with E-state index in [0.29, 0.717) is 48.4 Å². The topological polar surface area (TPSA) is 99.5 Å². The van der Waals surface area contributed by atoms with Gasteiger partial charge in [0.1, 0.15) is 17.5 Å². The van der Waals surface area contributed by atoms with Gasteiger partial charge in [0.15, 0.2) is 5.67 Å². The van der Waals surface area contributed by atoms with Crippen molar-refractivity contribution >= 4 is 34.2 Å². The zero-order chi connectivity index (χ0) is 25.7. The van der Waals surface area contributed by atoms with Crippen molar-refractivity contribution in [2.24, 2.45) is 5.92 Å². The molecule has 3 aliphatic heterocycles. The first kappa shape index (κ1) is 24.2. The van der Waals surface area contributed by atoms with Crippen molar-refractivity contribution < 1.29 is 14.2 Å². The zero-order valence-electron chi connectivity index (χ0n) is 21.6. The smallest absolute Gasteiger partial charge is 0.227 e. The highest BCUT2D eigenvalue weighted by Crippen LogP contribution is 2.39. The second-order valence-electron chi connectivity index (χ2n) is 10.9. The molecule has 3 aromatic heterocycles. The van der Waals surface area contributed by atoms with E-state index >= 15 is 0 Å². The fourth-order valence-corrected chi connectivity index (χ4v) is 5.44. The minimum Gasteiger partial charge on any atom is -0.390 e. The Morgan fingerprint density at radius 3 is 2.65 bits per heavy atom. The number of nitrogens with zero attached hydrogens (tertiary/aromatic N) is 6. The first-order valence-electron chi connectivity index (χ1n) is 13.1. The second kappa shape index (κ2) is 9.33. The van der Waals surface area contributed by atoms with Crippen LogP contribution in [0.2, 0.25) is 0 Å². The molecule has 0 aliphatic carbocycles. The summed E-state index contributed by atoms with van der Waals surface area (Å²) in [4.78, 5) is 22.7. The molecule has 10 heteroatoms. The maximum atomic E-state index is 14.7. The lowest BCUT2D eigenvalue weighted by molar-refractivity contribution is -0.0422. The summed E-state index contributed by atoms with van der Waals surface area (Å²) in [5.74, 6) is 3.47. The Bertz CT molecular complexity index is 1300. The van der Waals surface area contributed by atoms with E-state index in [4.69, 9.17) is 14.7 Å². The fourth-order valence-electron chi connectivity index (χ4n) is 5.44. The molecule has 196 valence electrons. The molecule has 3 saturated heterocycles. The van der Waals surface area contributed by atoms with Crippen LogP contribution in [0.25, 0.3) is 10.8 Å². The Morgan fingerprint density at radius 1 is 1.14 bits per heavy atom. The molecule has 6 heterocycles. The van der Waals surface area contributed by atoms with Gasteiger partial charge in [-0.2, -0.15) is 4.98 Å². The van der Waals surface area contributed by atoms with Crippen LogP contribution in [0.1, 0.15) is 45.1 Å². The van der Waals surface area contributed by atoms with Gasteiger partial charge in [0, 0.05) is 49.0 Å². The summed E-state index contributed by atoms with van der Waals surface area (Å²) in [5.41, 5.74) is -0.508. The number of halogens is 1. The molecule has 0 saturated carbocycles. The molecule has 4 atom stereocenters. The van der Waals surface area contributed by atoms with Crippen LogP contribution >= 0.6 is 0 Å². The molecule has 0 radical (unpaired) electrons. The summed E-state index contributed by atoms with van der Waals surface area (Å²) in [6.45, 7) is 8.99. The molecule has 3 fully saturated rings. The molecule has 3 aliphatic rings. The Labute approximate surface area is 216 Å². The van der Waals surface area contributed by atoms with Gasteiger partial charge in [-0.25, -0.2) is 19.3 Å². The molecule has 0 bridgehead atoms. The Hall–Kier alpha value is -3.11. The molecule has 37 heavy (non-hydrogen) atoms. The number of alkyl halides is 1. The number of aromatic nitrogens is 4. The van der Waals surface area contributed by atoms with Gasteiger partial charge in [-0.05, 0) is 55.7 Å². The Kier molecular flexibility index (Phi) is 6.11. The number of hydrogen-bond acceptors (Lipinski definition) is 9. The van der Waals surface area contributed by atoms with Crippen LogP contribution in [0.4, 0.5) is 27.8 Å². The Morgan fingerprint density at radius 2 is 1.97 bits per heavy atom. The molecule has 2 N–H and O–H groups in total. The third kappa shape index (κ3) is 4.46. The third-order valence-corrected chi connectivity index (χ3v) is 8.28. The standard InChI is InChI=1S/C27H34FN7O2/c1-16-5-9-35(16)25-21-12-30-24(10-19(21)20(11-31-25)17(2)18-13-37-14-18)32-23-4-7-29-26(33-23)34-8-6-22(36)27(3,28)15-34/h4,7,10-12,16-18,22,36H,5-6,8-9,13-15H2,1-3H3,(H,29,30,32,33)/t16-,17-,22-,27+/m1/s1. The van der Waals surface area contributed by atoms with Crippen LogP contribution in [0.15, 0.2) is 30.7 Å². The number of aliphatic hydroxyl groups is 1. The predicted octanol–water partition coefficient (Wildman–Crippen LogP) is 3.81. The van der Waals surface area contributed by atoms with Gasteiger partial charge in [0.05, 0.1) is 25.9 Å². The van der Waals surface area contributed by atoms with Gasteiger partial charge in [0.25, 0.3) is 0 Å². The van der Waals surface area contributed by atoms with Crippen LogP contribution in [-0.4, -0.2) is 75.7 Å². The first-order valence-corrected chi connectivity index (χ1v) is 13.1. The van der Waals surface area contributed by atoms with E-state index in [1.165, 1.54) is 18.9 Å². The van der Waals surface area contributed by atoms with Gasteiger partial charge in [-0.1, -0.05) is 6.92 Å². The van der Waals surface area contributed by atoms with Crippen molar-refractivity contribution in [3.63, 3.8) is 0 Å². The van der Waals surface area contributed by atoms with Crippen LogP contribution in [0.5, 0.6) is 0 Å². The van der Waals surface area contributed by atoms with E-state index in [1.54, 1.807) is 17.2 Å². The van der Waals surface area contributed by atoms with Crippen molar-refractivity contribution in [1.29, 1.82) is 0 Å². The zero-order valence-corrected chi connectivity index (χ0v) is 21.6. The maximum absolute atomic E-state index is 14.7. The highest BCUT2D eigenvalue weighted by Gasteiger charge is 2.39. The van der Waals surface area contributed by atoms with Crippen molar-refractivity contribution in [1.82, 2.24) is 19.9 Å². The minimum atomic E-state index is -1.71. The first-order chi connectivity index (χ1) is 17.8. The predicted molar refractivity (Wildman–Crippen MR) is 141 cm³/mol. The molecule has 3 aromatic rings. The average Bonchev–Trinajstić information content (AvgIpc) is 2.84. The van der Waals surface area contributed by atoms with E-state index < -0.39 is 11.8 Å². The number of nitrogens with one attached hydrogen (secondary N) is 1. The number of piperidine rings is 1. The van der Waals surface area contributed by atoms with Crippen LogP contribution in [0.3, 0.4) is 0 Å². The van der Waals surface area contributed by atoms with Crippen molar-refractivity contribution in [3.8, 4) is 0 Å².